The zero-order valence-electron chi connectivity index (χ0n) is 33.6. The minimum Gasteiger partial charge on any atom is -0.351 e. The molecule has 0 aliphatic rings. The van der Waals surface area contributed by atoms with E-state index in [2.05, 4.69) is 53.2 Å². The molecule has 0 radical (unpaired) electrons. The van der Waals surface area contributed by atoms with Crippen molar-refractivity contribution in [3.63, 3.8) is 0 Å². The van der Waals surface area contributed by atoms with Crippen LogP contribution in [0.2, 0.25) is 0 Å². The Morgan fingerprint density at radius 2 is 0.692 bits per heavy atom. The number of carbonyl (C=O) groups excluding carboxylic acids is 5. The Labute approximate surface area is 314 Å². The van der Waals surface area contributed by atoms with Gasteiger partial charge in [0.15, 0.2) is 0 Å². The monoisotopic (exact) mass is 741 g/mol. The van der Waals surface area contributed by atoms with Gasteiger partial charge in [0.2, 0.25) is 23.6 Å². The summed E-state index contributed by atoms with van der Waals surface area (Å²) >= 11 is 0. The van der Waals surface area contributed by atoms with Gasteiger partial charge in [0.25, 0.3) is 0 Å². The molecule has 0 bridgehead atoms. The molecule has 0 aliphatic heterocycles. The number of rotatable bonds is 35. The predicted molar refractivity (Wildman–Crippen MR) is 210 cm³/mol. The SMILES string of the molecule is CNCCCCC(NC)C(=O)NC(CCCCNC)C(=O)NC(CCCCNC)C(=O)NC(CCCCNC)C(=O)NC(CCCNC)CC(C)=O. The molecule has 0 saturated heterocycles. The van der Waals surface area contributed by atoms with Gasteiger partial charge in [0, 0.05) is 12.5 Å². The third-order valence-corrected chi connectivity index (χ3v) is 9.10. The molecule has 15 nitrogen and oxygen atoms in total. The molecule has 0 heterocycles. The first-order valence-corrected chi connectivity index (χ1v) is 19.7. The van der Waals surface area contributed by atoms with Crippen molar-refractivity contribution < 1.29 is 24.0 Å². The molecule has 15 heteroatoms. The van der Waals surface area contributed by atoms with Crippen molar-refractivity contribution in [2.75, 3.05) is 75.0 Å². The smallest absolute Gasteiger partial charge is 0.243 e. The molecule has 304 valence electrons. The lowest BCUT2D eigenvalue weighted by molar-refractivity contribution is -0.134. The van der Waals surface area contributed by atoms with Crippen molar-refractivity contribution >= 4 is 29.4 Å². The highest BCUT2D eigenvalue weighted by atomic mass is 16.2. The Balaban J connectivity index is 6.12. The van der Waals surface area contributed by atoms with Crippen LogP contribution in [0.1, 0.15) is 103 Å². The molecule has 0 spiro atoms. The molecule has 0 aromatic rings. The maximum absolute atomic E-state index is 14.0. The van der Waals surface area contributed by atoms with E-state index >= 15 is 0 Å². The van der Waals surface area contributed by atoms with E-state index in [4.69, 9.17) is 0 Å². The van der Waals surface area contributed by atoms with Gasteiger partial charge in [-0.2, -0.15) is 0 Å². The summed E-state index contributed by atoms with van der Waals surface area (Å²) in [6, 6.07) is -3.35. The van der Waals surface area contributed by atoms with Crippen LogP contribution in [-0.4, -0.2) is 135 Å². The van der Waals surface area contributed by atoms with E-state index < -0.39 is 36.0 Å². The summed E-state index contributed by atoms with van der Waals surface area (Å²) < 4.78 is 0. The van der Waals surface area contributed by atoms with Crippen LogP contribution in [0.5, 0.6) is 0 Å². The van der Waals surface area contributed by atoms with Crippen LogP contribution in [0.4, 0.5) is 0 Å². The van der Waals surface area contributed by atoms with Crippen molar-refractivity contribution in [2.24, 2.45) is 0 Å². The summed E-state index contributed by atoms with van der Waals surface area (Å²) in [6.45, 7) is 5.44. The Hall–Kier alpha value is -2.69. The molecular weight excluding hydrogens is 664 g/mol. The highest BCUT2D eigenvalue weighted by molar-refractivity contribution is 5.95. The van der Waals surface area contributed by atoms with Crippen LogP contribution in [0, 0.1) is 0 Å². The number of carbonyl (C=O) groups is 5. The molecule has 52 heavy (non-hydrogen) atoms. The standard InChI is InChI=1S/C37H76N10O5/c1-28(48)27-29(17-16-26-42-6)44-35(50)31(19-9-13-23-39-3)46-37(52)33(21-11-15-25-41-5)47-36(51)32(20-10-14-24-40-4)45-34(49)30(43-7)18-8-12-22-38-2/h29-33,38-43H,8-27H2,1-7H3,(H,44,50)(H,45,49)(H,46,52)(H,47,51). The Morgan fingerprint density at radius 3 is 1.02 bits per heavy atom. The molecule has 0 saturated carbocycles. The lowest BCUT2D eigenvalue weighted by atomic mass is 10.0. The topological polar surface area (TPSA) is 206 Å². The van der Waals surface area contributed by atoms with Gasteiger partial charge in [-0.1, -0.05) is 6.42 Å². The van der Waals surface area contributed by atoms with Crippen LogP contribution < -0.4 is 53.2 Å². The Morgan fingerprint density at radius 1 is 0.385 bits per heavy atom. The minimum absolute atomic E-state index is 0.0175. The van der Waals surface area contributed by atoms with Gasteiger partial charge in [0.1, 0.15) is 23.9 Å². The lowest BCUT2D eigenvalue weighted by Crippen LogP contribution is -2.58. The highest BCUT2D eigenvalue weighted by Gasteiger charge is 2.31. The summed E-state index contributed by atoms with van der Waals surface area (Å²) in [5, 5.41) is 30.6. The summed E-state index contributed by atoms with van der Waals surface area (Å²) in [7, 11) is 11.1. The Bertz CT molecular complexity index is 973. The van der Waals surface area contributed by atoms with Gasteiger partial charge in [-0.05, 0) is 165 Å². The summed E-state index contributed by atoms with van der Waals surface area (Å²) in [5.74, 6) is -1.46. The fourth-order valence-electron chi connectivity index (χ4n) is 6.03. The third-order valence-electron chi connectivity index (χ3n) is 9.10. The minimum atomic E-state index is -0.904. The molecule has 0 aliphatic carbocycles. The van der Waals surface area contributed by atoms with Crippen LogP contribution in [0.3, 0.4) is 0 Å². The van der Waals surface area contributed by atoms with E-state index in [-0.39, 0.29) is 30.1 Å². The fraction of sp³-hybridized carbons (Fsp3) is 0.865. The molecule has 10 N–H and O–H groups in total. The molecular formula is C37H76N10O5. The van der Waals surface area contributed by atoms with Crippen molar-refractivity contribution in [1.29, 1.82) is 0 Å². The summed E-state index contributed by atoms with van der Waals surface area (Å²) in [5.41, 5.74) is 0. The molecule has 0 aromatic carbocycles. The summed E-state index contributed by atoms with van der Waals surface area (Å²) in [6.07, 6.45) is 9.75. The normalized spacial score (nSPS) is 14.1. The van der Waals surface area contributed by atoms with Crippen LogP contribution >= 0.6 is 0 Å². The number of amides is 4. The lowest BCUT2D eigenvalue weighted by Gasteiger charge is -2.27. The van der Waals surface area contributed by atoms with Crippen molar-refractivity contribution in [2.45, 2.75) is 133 Å². The molecule has 0 rings (SSSR count). The van der Waals surface area contributed by atoms with Gasteiger partial charge in [-0.15, -0.1) is 0 Å². The van der Waals surface area contributed by atoms with Crippen LogP contribution in [0.25, 0.3) is 0 Å². The van der Waals surface area contributed by atoms with E-state index in [1.165, 1.54) is 6.92 Å². The molecule has 4 amide bonds. The second-order valence-electron chi connectivity index (χ2n) is 13.8. The first kappa shape index (κ1) is 49.3. The maximum Gasteiger partial charge on any atom is 0.243 e. The number of hydrogen-bond acceptors (Lipinski definition) is 11. The van der Waals surface area contributed by atoms with Crippen LogP contribution in [-0.2, 0) is 24.0 Å². The molecule has 0 aromatic heterocycles. The molecule has 5 unspecified atom stereocenters. The van der Waals surface area contributed by atoms with Crippen molar-refractivity contribution in [3.05, 3.63) is 0 Å². The van der Waals surface area contributed by atoms with Gasteiger partial charge in [-0.3, -0.25) is 24.0 Å². The Kier molecular flexibility index (Phi) is 31.2. The number of likely N-dealkylation sites (N-methyl/N-ethyl adjacent to an activating group) is 1. The fourth-order valence-corrected chi connectivity index (χ4v) is 6.03. The number of hydrogen-bond donors (Lipinski definition) is 10. The van der Waals surface area contributed by atoms with Gasteiger partial charge in [0.05, 0.1) is 6.04 Å². The maximum atomic E-state index is 14.0. The zero-order chi connectivity index (χ0) is 39.0. The van der Waals surface area contributed by atoms with Gasteiger partial charge in [-0.25, -0.2) is 0 Å². The number of ketones is 1. The second-order valence-corrected chi connectivity index (χ2v) is 13.8. The van der Waals surface area contributed by atoms with E-state index in [1.54, 1.807) is 7.05 Å². The quantitative estimate of drug-likeness (QED) is 0.0393. The average Bonchev–Trinajstić information content (AvgIpc) is 3.11. The van der Waals surface area contributed by atoms with Crippen LogP contribution in [0.15, 0.2) is 0 Å². The highest BCUT2D eigenvalue weighted by Crippen LogP contribution is 2.11. The van der Waals surface area contributed by atoms with E-state index in [0.717, 1.165) is 71.2 Å². The third kappa shape index (κ3) is 24.5. The number of unbranched alkanes of at least 4 members (excludes halogenated alkanes) is 4. The van der Waals surface area contributed by atoms with E-state index in [1.807, 2.05) is 35.2 Å². The van der Waals surface area contributed by atoms with Crippen molar-refractivity contribution in [1.82, 2.24) is 53.2 Å². The number of Topliss-reactive ketones (excluding diaryl/α,β-unsaturated/α-hetero) is 1. The molecule has 5 atom stereocenters. The largest absolute Gasteiger partial charge is 0.351 e. The summed E-state index contributed by atoms with van der Waals surface area (Å²) in [4.78, 5) is 67.0. The van der Waals surface area contributed by atoms with E-state index in [9.17, 15) is 24.0 Å². The first-order valence-electron chi connectivity index (χ1n) is 19.7. The van der Waals surface area contributed by atoms with E-state index in [0.29, 0.717) is 51.4 Å². The van der Waals surface area contributed by atoms with Gasteiger partial charge >= 0.3 is 0 Å². The predicted octanol–water partition coefficient (Wildman–Crippen LogP) is 0.0511. The van der Waals surface area contributed by atoms with Crippen molar-refractivity contribution in [3.8, 4) is 0 Å². The second kappa shape index (κ2) is 32.9. The first-order chi connectivity index (χ1) is 25.1. The number of nitrogens with one attached hydrogen (secondary N) is 10. The van der Waals surface area contributed by atoms with Gasteiger partial charge < -0.3 is 53.2 Å². The average molecular weight is 741 g/mol. The zero-order valence-corrected chi connectivity index (χ0v) is 33.6. The molecule has 0 fully saturated rings.